The third kappa shape index (κ3) is 1.00. The predicted octanol–water partition coefficient (Wildman–Crippen LogP) is 1.30. The molecule has 3 saturated carbocycles. The SMILES string of the molecule is COC(=O)C1C2CCC([C@@H]1C(=O)O)C21CC1. The Labute approximate surface area is 94.0 Å². The molecule has 1 spiro atoms. The maximum atomic E-state index is 11.7. The molecule has 88 valence electrons. The molecule has 3 aliphatic rings. The molecule has 3 aliphatic carbocycles. The number of esters is 1. The van der Waals surface area contributed by atoms with Gasteiger partial charge in [0.1, 0.15) is 0 Å². The molecule has 3 fully saturated rings. The predicted molar refractivity (Wildman–Crippen MR) is 54.5 cm³/mol. The first-order valence-electron chi connectivity index (χ1n) is 5.92. The molecule has 0 heterocycles. The maximum Gasteiger partial charge on any atom is 0.309 e. The number of rotatable bonds is 2. The summed E-state index contributed by atoms with van der Waals surface area (Å²) in [5.74, 6) is -1.51. The Morgan fingerprint density at radius 1 is 1.19 bits per heavy atom. The molecule has 3 rings (SSSR count). The van der Waals surface area contributed by atoms with E-state index >= 15 is 0 Å². The topological polar surface area (TPSA) is 63.6 Å². The van der Waals surface area contributed by atoms with Crippen LogP contribution < -0.4 is 0 Å². The summed E-state index contributed by atoms with van der Waals surface area (Å²) >= 11 is 0. The van der Waals surface area contributed by atoms with Crippen molar-refractivity contribution in [1.82, 2.24) is 0 Å². The van der Waals surface area contributed by atoms with Crippen LogP contribution >= 0.6 is 0 Å². The molecule has 3 unspecified atom stereocenters. The second kappa shape index (κ2) is 2.99. The van der Waals surface area contributed by atoms with Crippen LogP contribution in [0.3, 0.4) is 0 Å². The lowest BCUT2D eigenvalue weighted by molar-refractivity contribution is -0.158. The molecule has 0 radical (unpaired) electrons. The molecule has 0 amide bonds. The van der Waals surface area contributed by atoms with Gasteiger partial charge in [0.25, 0.3) is 0 Å². The van der Waals surface area contributed by atoms with E-state index in [1.165, 1.54) is 7.11 Å². The van der Waals surface area contributed by atoms with E-state index in [1.54, 1.807) is 0 Å². The smallest absolute Gasteiger partial charge is 0.309 e. The van der Waals surface area contributed by atoms with Crippen molar-refractivity contribution in [3.8, 4) is 0 Å². The zero-order valence-electron chi connectivity index (χ0n) is 9.31. The van der Waals surface area contributed by atoms with Crippen LogP contribution in [0.4, 0.5) is 0 Å². The summed E-state index contributed by atoms with van der Waals surface area (Å²) in [6.07, 6.45) is 4.21. The van der Waals surface area contributed by atoms with Gasteiger partial charge >= 0.3 is 11.9 Å². The molecule has 1 N–H and O–H groups in total. The van der Waals surface area contributed by atoms with Crippen LogP contribution in [0, 0.1) is 29.1 Å². The number of methoxy groups -OCH3 is 1. The molecule has 4 heteroatoms. The Morgan fingerprint density at radius 2 is 1.75 bits per heavy atom. The molecule has 0 aliphatic heterocycles. The Kier molecular flexibility index (Phi) is 1.89. The number of carboxylic acid groups (broad SMARTS) is 1. The first-order valence-corrected chi connectivity index (χ1v) is 5.92. The fourth-order valence-corrected chi connectivity index (χ4v) is 4.44. The van der Waals surface area contributed by atoms with Gasteiger partial charge in [-0.05, 0) is 42.9 Å². The number of carbonyl (C=O) groups is 2. The average molecular weight is 224 g/mol. The lowest BCUT2D eigenvalue weighted by Crippen LogP contribution is -2.35. The summed E-state index contributed by atoms with van der Waals surface area (Å²) < 4.78 is 4.79. The van der Waals surface area contributed by atoms with Gasteiger partial charge < -0.3 is 9.84 Å². The van der Waals surface area contributed by atoms with Gasteiger partial charge in [-0.3, -0.25) is 9.59 Å². The Hall–Kier alpha value is -1.06. The van der Waals surface area contributed by atoms with Crippen molar-refractivity contribution in [3.05, 3.63) is 0 Å². The van der Waals surface area contributed by atoms with Crippen molar-refractivity contribution in [2.45, 2.75) is 25.7 Å². The van der Waals surface area contributed by atoms with Crippen molar-refractivity contribution in [2.75, 3.05) is 7.11 Å². The molecular weight excluding hydrogens is 208 g/mol. The number of ether oxygens (including phenoxy) is 1. The van der Waals surface area contributed by atoms with Crippen LogP contribution in [0.25, 0.3) is 0 Å². The molecule has 0 aromatic rings. The van der Waals surface area contributed by atoms with Gasteiger partial charge in [0.2, 0.25) is 0 Å². The number of carbonyl (C=O) groups excluding carboxylic acids is 1. The van der Waals surface area contributed by atoms with Crippen molar-refractivity contribution in [2.24, 2.45) is 29.1 Å². The van der Waals surface area contributed by atoms with E-state index in [1.807, 2.05) is 0 Å². The van der Waals surface area contributed by atoms with Crippen molar-refractivity contribution < 1.29 is 19.4 Å². The second-order valence-corrected chi connectivity index (χ2v) is 5.44. The van der Waals surface area contributed by atoms with E-state index in [4.69, 9.17) is 4.74 Å². The Morgan fingerprint density at radius 3 is 2.19 bits per heavy atom. The minimum atomic E-state index is -0.811. The molecule has 0 saturated heterocycles. The molecule has 16 heavy (non-hydrogen) atoms. The first kappa shape index (κ1) is 10.1. The summed E-state index contributed by atoms with van der Waals surface area (Å²) in [5, 5.41) is 9.30. The van der Waals surface area contributed by atoms with Crippen LogP contribution in [-0.2, 0) is 14.3 Å². The van der Waals surface area contributed by atoms with Gasteiger partial charge in [-0.1, -0.05) is 0 Å². The summed E-state index contributed by atoms with van der Waals surface area (Å²) in [7, 11) is 1.35. The Bertz CT molecular complexity index is 358. The molecule has 4 nitrogen and oxygen atoms in total. The number of aliphatic carboxylic acids is 1. The number of hydrogen-bond donors (Lipinski definition) is 1. The number of hydrogen-bond acceptors (Lipinski definition) is 3. The monoisotopic (exact) mass is 224 g/mol. The highest BCUT2D eigenvalue weighted by Gasteiger charge is 2.72. The largest absolute Gasteiger partial charge is 0.481 e. The van der Waals surface area contributed by atoms with E-state index in [2.05, 4.69) is 0 Å². The summed E-state index contributed by atoms with van der Waals surface area (Å²) in [6, 6.07) is 0. The zero-order valence-corrected chi connectivity index (χ0v) is 9.31. The van der Waals surface area contributed by atoms with Crippen LogP contribution in [0.15, 0.2) is 0 Å². The highest BCUT2D eigenvalue weighted by Crippen LogP contribution is 2.74. The third-order valence-electron chi connectivity index (χ3n) is 5.11. The highest BCUT2D eigenvalue weighted by atomic mass is 16.5. The van der Waals surface area contributed by atoms with Crippen LogP contribution in [0.5, 0.6) is 0 Å². The lowest BCUT2D eigenvalue weighted by Gasteiger charge is -2.25. The maximum absolute atomic E-state index is 11.7. The number of carboxylic acids is 1. The molecule has 0 aromatic heterocycles. The molecule has 0 aromatic carbocycles. The van der Waals surface area contributed by atoms with Crippen molar-refractivity contribution in [1.29, 1.82) is 0 Å². The fourth-order valence-electron chi connectivity index (χ4n) is 4.44. The van der Waals surface area contributed by atoms with Gasteiger partial charge in [-0.15, -0.1) is 0 Å². The third-order valence-corrected chi connectivity index (χ3v) is 5.11. The Balaban J connectivity index is 1.97. The van der Waals surface area contributed by atoms with Crippen LogP contribution in [0.2, 0.25) is 0 Å². The second-order valence-electron chi connectivity index (χ2n) is 5.44. The van der Waals surface area contributed by atoms with Gasteiger partial charge in [-0.25, -0.2) is 0 Å². The van der Waals surface area contributed by atoms with E-state index in [9.17, 15) is 14.7 Å². The molecular formula is C12H16O4. The fraction of sp³-hybridized carbons (Fsp3) is 0.833. The summed E-state index contributed by atoms with van der Waals surface area (Å²) in [5.41, 5.74) is 0.196. The van der Waals surface area contributed by atoms with Gasteiger partial charge in [0.15, 0.2) is 0 Å². The van der Waals surface area contributed by atoms with Gasteiger partial charge in [0.05, 0.1) is 18.9 Å². The minimum Gasteiger partial charge on any atom is -0.481 e. The lowest BCUT2D eigenvalue weighted by atomic mass is 9.79. The van der Waals surface area contributed by atoms with Crippen LogP contribution in [0.1, 0.15) is 25.7 Å². The normalized spacial score (nSPS) is 42.3. The van der Waals surface area contributed by atoms with E-state index < -0.39 is 11.9 Å². The van der Waals surface area contributed by atoms with Crippen LogP contribution in [-0.4, -0.2) is 24.2 Å². The van der Waals surface area contributed by atoms with Crippen molar-refractivity contribution in [3.63, 3.8) is 0 Å². The molecule has 4 atom stereocenters. The zero-order chi connectivity index (χ0) is 11.5. The van der Waals surface area contributed by atoms with Gasteiger partial charge in [0, 0.05) is 0 Å². The van der Waals surface area contributed by atoms with E-state index in [0.29, 0.717) is 0 Å². The minimum absolute atomic E-state index is 0.196. The standard InChI is InChI=1S/C12H16O4/c1-16-11(15)9-7-3-2-6(8(9)10(13)14)12(7)4-5-12/h6-9H,2-5H2,1H3,(H,13,14)/t6?,7?,8-,9?/m0/s1. The average Bonchev–Trinajstić information content (AvgIpc) is 2.92. The quantitative estimate of drug-likeness (QED) is 0.718. The van der Waals surface area contributed by atoms with E-state index in [0.717, 1.165) is 25.7 Å². The molecule has 2 bridgehead atoms. The highest BCUT2D eigenvalue weighted by molar-refractivity contribution is 5.83. The van der Waals surface area contributed by atoms with Crippen molar-refractivity contribution >= 4 is 11.9 Å². The van der Waals surface area contributed by atoms with E-state index in [-0.39, 0.29) is 29.1 Å². The first-order chi connectivity index (χ1) is 7.62. The summed E-state index contributed by atoms with van der Waals surface area (Å²) in [4.78, 5) is 23.1. The van der Waals surface area contributed by atoms with Gasteiger partial charge in [-0.2, -0.15) is 0 Å². The summed E-state index contributed by atoms with van der Waals surface area (Å²) in [6.45, 7) is 0.